The first-order chi connectivity index (χ1) is 9.37. The minimum absolute atomic E-state index is 0.226. The van der Waals surface area contributed by atoms with Crippen LogP contribution in [0.25, 0.3) is 0 Å². The Morgan fingerprint density at radius 1 is 1.20 bits per heavy atom. The molecule has 1 heterocycles. The maximum atomic E-state index is 12.1. The van der Waals surface area contributed by atoms with Crippen LogP contribution in [0.2, 0.25) is 0 Å². The van der Waals surface area contributed by atoms with Gasteiger partial charge in [-0.25, -0.2) is 4.98 Å². The van der Waals surface area contributed by atoms with Crippen LogP contribution in [0.1, 0.15) is 38.1 Å². The van der Waals surface area contributed by atoms with Gasteiger partial charge in [-0.05, 0) is 20.3 Å². The van der Waals surface area contributed by atoms with Gasteiger partial charge in [-0.15, -0.1) is 0 Å². The van der Waals surface area contributed by atoms with Crippen LogP contribution >= 0.6 is 0 Å². The molecule has 0 aliphatic carbocycles. The fraction of sp³-hybridized carbons (Fsp3) is 0.692. The highest BCUT2D eigenvalue weighted by Gasteiger charge is 2.27. The third kappa shape index (κ3) is 5.22. The molecular weight excluding hydrogens is 271 g/mol. The molecular formula is C13H20F3N3O. The summed E-state index contributed by atoms with van der Waals surface area (Å²) in [6.45, 7) is 5.88. The molecule has 4 nitrogen and oxygen atoms in total. The van der Waals surface area contributed by atoms with Gasteiger partial charge in [-0.1, -0.05) is 6.92 Å². The van der Waals surface area contributed by atoms with Crippen molar-refractivity contribution >= 4 is 5.82 Å². The Hall–Kier alpha value is -1.53. The Labute approximate surface area is 116 Å². The summed E-state index contributed by atoms with van der Waals surface area (Å²) < 4.78 is 41.6. The minimum atomic E-state index is -4.22. The van der Waals surface area contributed by atoms with E-state index in [4.69, 9.17) is 4.74 Å². The molecule has 1 aromatic heterocycles. The number of alkyl halides is 3. The molecule has 114 valence electrons. The van der Waals surface area contributed by atoms with E-state index in [-0.39, 0.29) is 5.88 Å². The van der Waals surface area contributed by atoms with E-state index in [0.717, 1.165) is 6.42 Å². The van der Waals surface area contributed by atoms with Gasteiger partial charge in [-0.2, -0.15) is 18.2 Å². The molecule has 0 saturated heterocycles. The SMILES string of the molecule is CCCc1nc(NCC)c(C)c(OCCC(F)(F)F)n1. The number of anilines is 1. The van der Waals surface area contributed by atoms with E-state index < -0.39 is 19.2 Å². The van der Waals surface area contributed by atoms with E-state index in [1.807, 2.05) is 13.8 Å². The van der Waals surface area contributed by atoms with Crippen LogP contribution in [-0.4, -0.2) is 29.3 Å². The first-order valence-corrected chi connectivity index (χ1v) is 6.68. The zero-order chi connectivity index (χ0) is 15.2. The lowest BCUT2D eigenvalue weighted by atomic mass is 10.2. The van der Waals surface area contributed by atoms with Gasteiger partial charge in [0.15, 0.2) is 0 Å². The standard InChI is InChI=1S/C13H20F3N3O/c1-4-6-10-18-11(17-5-2)9(3)12(19-10)20-8-7-13(14,15)16/h4-8H2,1-3H3,(H,17,18,19). The number of nitrogens with one attached hydrogen (secondary N) is 1. The first kappa shape index (κ1) is 16.5. The molecule has 1 N–H and O–H groups in total. The van der Waals surface area contributed by atoms with Crippen molar-refractivity contribution in [3.05, 3.63) is 11.4 Å². The average molecular weight is 291 g/mol. The summed E-state index contributed by atoms with van der Waals surface area (Å²) in [6.07, 6.45) is -3.70. The molecule has 0 spiro atoms. The second-order valence-corrected chi connectivity index (χ2v) is 4.41. The molecule has 0 radical (unpaired) electrons. The van der Waals surface area contributed by atoms with Crippen LogP contribution in [0.15, 0.2) is 0 Å². The summed E-state index contributed by atoms with van der Waals surface area (Å²) in [5.74, 6) is 1.42. The Morgan fingerprint density at radius 2 is 1.90 bits per heavy atom. The fourth-order valence-corrected chi connectivity index (χ4v) is 1.62. The third-order valence-electron chi connectivity index (χ3n) is 2.59. The summed E-state index contributed by atoms with van der Waals surface area (Å²) in [5, 5.41) is 3.07. The van der Waals surface area contributed by atoms with Crippen molar-refractivity contribution in [1.82, 2.24) is 9.97 Å². The monoisotopic (exact) mass is 291 g/mol. The molecule has 0 amide bonds. The van der Waals surface area contributed by atoms with Gasteiger partial charge in [0, 0.05) is 13.0 Å². The molecule has 0 bridgehead atoms. The number of aromatic nitrogens is 2. The lowest BCUT2D eigenvalue weighted by molar-refractivity contribution is -0.139. The fourth-order valence-electron chi connectivity index (χ4n) is 1.62. The smallest absolute Gasteiger partial charge is 0.392 e. The van der Waals surface area contributed by atoms with Crippen LogP contribution in [0.3, 0.4) is 0 Å². The molecule has 0 unspecified atom stereocenters. The predicted molar refractivity (Wildman–Crippen MR) is 71.1 cm³/mol. The van der Waals surface area contributed by atoms with Crippen LogP contribution in [0, 0.1) is 6.92 Å². The Balaban J connectivity index is 2.86. The summed E-state index contributed by atoms with van der Waals surface area (Å²) in [5.41, 5.74) is 0.633. The minimum Gasteiger partial charge on any atom is -0.477 e. The van der Waals surface area contributed by atoms with Crippen molar-refractivity contribution in [3.63, 3.8) is 0 Å². The van der Waals surface area contributed by atoms with Gasteiger partial charge in [0.2, 0.25) is 5.88 Å². The summed E-state index contributed by atoms with van der Waals surface area (Å²) in [4.78, 5) is 8.53. The van der Waals surface area contributed by atoms with Gasteiger partial charge >= 0.3 is 6.18 Å². The van der Waals surface area contributed by atoms with E-state index in [2.05, 4.69) is 15.3 Å². The lowest BCUT2D eigenvalue weighted by Gasteiger charge is -2.14. The Morgan fingerprint density at radius 3 is 2.45 bits per heavy atom. The molecule has 0 aromatic carbocycles. The van der Waals surface area contributed by atoms with Crippen LogP contribution in [0.4, 0.5) is 19.0 Å². The Bertz CT molecular complexity index is 436. The molecule has 20 heavy (non-hydrogen) atoms. The van der Waals surface area contributed by atoms with Gasteiger partial charge in [0.1, 0.15) is 11.6 Å². The van der Waals surface area contributed by atoms with E-state index in [9.17, 15) is 13.2 Å². The Kier molecular flexibility index (Phi) is 6.04. The number of ether oxygens (including phenoxy) is 1. The lowest BCUT2D eigenvalue weighted by Crippen LogP contribution is -2.15. The average Bonchev–Trinajstić information content (AvgIpc) is 2.33. The summed E-state index contributed by atoms with van der Waals surface area (Å²) in [7, 11) is 0. The molecule has 1 aromatic rings. The van der Waals surface area contributed by atoms with Crippen molar-refractivity contribution < 1.29 is 17.9 Å². The summed E-state index contributed by atoms with van der Waals surface area (Å²) in [6, 6.07) is 0. The third-order valence-corrected chi connectivity index (χ3v) is 2.59. The number of rotatable bonds is 7. The van der Waals surface area contributed by atoms with E-state index in [1.165, 1.54) is 0 Å². The topological polar surface area (TPSA) is 47.0 Å². The quantitative estimate of drug-likeness (QED) is 0.835. The van der Waals surface area contributed by atoms with Crippen LogP contribution < -0.4 is 10.1 Å². The van der Waals surface area contributed by atoms with Crippen molar-refractivity contribution in [2.45, 2.75) is 46.2 Å². The highest BCUT2D eigenvalue weighted by Crippen LogP contribution is 2.24. The van der Waals surface area contributed by atoms with E-state index >= 15 is 0 Å². The zero-order valence-corrected chi connectivity index (χ0v) is 12.0. The number of halogens is 3. The maximum Gasteiger partial charge on any atom is 0.392 e. The second-order valence-electron chi connectivity index (χ2n) is 4.41. The molecule has 0 fully saturated rings. The van der Waals surface area contributed by atoms with Crippen molar-refractivity contribution in [2.75, 3.05) is 18.5 Å². The second kappa shape index (κ2) is 7.31. The van der Waals surface area contributed by atoms with E-state index in [0.29, 0.717) is 30.2 Å². The highest BCUT2D eigenvalue weighted by molar-refractivity contribution is 5.48. The normalized spacial score (nSPS) is 11.5. The largest absolute Gasteiger partial charge is 0.477 e. The van der Waals surface area contributed by atoms with Crippen molar-refractivity contribution in [3.8, 4) is 5.88 Å². The molecule has 0 saturated carbocycles. The van der Waals surface area contributed by atoms with Gasteiger partial charge in [0.25, 0.3) is 0 Å². The number of hydrogen-bond donors (Lipinski definition) is 1. The van der Waals surface area contributed by atoms with Gasteiger partial charge in [-0.3, -0.25) is 0 Å². The maximum absolute atomic E-state index is 12.1. The van der Waals surface area contributed by atoms with E-state index in [1.54, 1.807) is 6.92 Å². The molecule has 1 rings (SSSR count). The first-order valence-electron chi connectivity index (χ1n) is 6.68. The zero-order valence-electron chi connectivity index (χ0n) is 12.0. The highest BCUT2D eigenvalue weighted by atomic mass is 19.4. The van der Waals surface area contributed by atoms with Gasteiger partial charge < -0.3 is 10.1 Å². The number of hydrogen-bond acceptors (Lipinski definition) is 4. The van der Waals surface area contributed by atoms with Crippen molar-refractivity contribution in [2.24, 2.45) is 0 Å². The van der Waals surface area contributed by atoms with Crippen LogP contribution in [0.5, 0.6) is 5.88 Å². The number of aryl methyl sites for hydroxylation is 1. The van der Waals surface area contributed by atoms with Gasteiger partial charge in [0.05, 0.1) is 18.6 Å². The van der Waals surface area contributed by atoms with Crippen molar-refractivity contribution in [1.29, 1.82) is 0 Å². The number of nitrogens with zero attached hydrogens (tertiary/aromatic N) is 2. The molecule has 0 aliphatic rings. The van der Waals surface area contributed by atoms with Crippen LogP contribution in [-0.2, 0) is 6.42 Å². The molecule has 0 atom stereocenters. The molecule has 0 aliphatic heterocycles. The molecule has 7 heteroatoms. The summed E-state index contributed by atoms with van der Waals surface area (Å²) >= 11 is 0. The predicted octanol–water partition coefficient (Wildman–Crippen LogP) is 3.50.